The average Bonchev–Trinajstić information content (AvgIpc) is 2.36. The quantitative estimate of drug-likeness (QED) is 0.613. The van der Waals surface area contributed by atoms with E-state index in [1.165, 1.54) is 0 Å². The Kier molecular flexibility index (Phi) is 6.34. The van der Waals surface area contributed by atoms with Gasteiger partial charge in [-0.2, -0.15) is 0 Å². The molecule has 0 saturated carbocycles. The summed E-state index contributed by atoms with van der Waals surface area (Å²) in [6.45, 7) is 0.727. The summed E-state index contributed by atoms with van der Waals surface area (Å²) >= 11 is 0. The number of benzene rings is 1. The van der Waals surface area contributed by atoms with Gasteiger partial charge in [0, 0.05) is 18.1 Å². The number of anilines is 1. The topological polar surface area (TPSA) is 78.5 Å². The molecule has 0 aliphatic carbocycles. The minimum Gasteiger partial charge on any atom is -0.550 e. The van der Waals surface area contributed by atoms with E-state index in [0.29, 0.717) is 5.69 Å². The number of aliphatic carboxylic acids is 1. The molecule has 5 nitrogen and oxygen atoms in total. The van der Waals surface area contributed by atoms with E-state index in [0.717, 1.165) is 30.8 Å². The largest absolute Gasteiger partial charge is 1.00 e. The van der Waals surface area contributed by atoms with Gasteiger partial charge in [-0.3, -0.25) is 4.79 Å². The van der Waals surface area contributed by atoms with Gasteiger partial charge in [-0.25, -0.2) is 0 Å². The monoisotopic (exact) mass is 271 g/mol. The first-order valence-electron chi connectivity index (χ1n) is 5.90. The third kappa shape index (κ3) is 4.86. The Bertz CT molecular complexity index is 476. The maximum absolute atomic E-state index is 11.5. The average molecular weight is 271 g/mol. The van der Waals surface area contributed by atoms with Gasteiger partial charge in [-0.15, -0.1) is 0 Å². The molecule has 0 radical (unpaired) electrons. The summed E-state index contributed by atoms with van der Waals surface area (Å²) in [4.78, 5) is 21.7. The molecule has 2 rings (SSSR count). The molecule has 0 bridgehead atoms. The first kappa shape index (κ1) is 16.0. The van der Waals surface area contributed by atoms with Gasteiger partial charge in [-0.1, -0.05) is 0 Å². The molecule has 1 aliphatic rings. The van der Waals surface area contributed by atoms with Gasteiger partial charge in [0.15, 0.2) is 0 Å². The van der Waals surface area contributed by atoms with Gasteiger partial charge in [0.1, 0.15) is 5.75 Å². The normalized spacial score (nSPS) is 12.6. The molecule has 1 heterocycles. The molecule has 0 aromatic heterocycles. The van der Waals surface area contributed by atoms with Crippen molar-refractivity contribution in [2.24, 2.45) is 0 Å². The van der Waals surface area contributed by atoms with Crippen molar-refractivity contribution in [3.63, 3.8) is 0 Å². The fourth-order valence-electron chi connectivity index (χ4n) is 1.88. The molecule has 1 amide bonds. The molecule has 0 fully saturated rings. The second-order valence-electron chi connectivity index (χ2n) is 4.19. The van der Waals surface area contributed by atoms with E-state index in [-0.39, 0.29) is 48.3 Å². The molecule has 1 aromatic carbocycles. The first-order valence-corrected chi connectivity index (χ1v) is 5.90. The van der Waals surface area contributed by atoms with Crippen LogP contribution in [-0.4, -0.2) is 18.5 Å². The van der Waals surface area contributed by atoms with Crippen molar-refractivity contribution < 1.29 is 49.0 Å². The molecule has 0 spiro atoms. The van der Waals surface area contributed by atoms with Crippen LogP contribution in [0.3, 0.4) is 0 Å². The number of rotatable bonds is 4. The molecular formula is C13H14NNaO4. The number of carboxylic acid groups (broad SMARTS) is 1. The predicted molar refractivity (Wildman–Crippen MR) is 63.1 cm³/mol. The molecule has 1 aliphatic heterocycles. The summed E-state index contributed by atoms with van der Waals surface area (Å²) in [6, 6.07) is 5.44. The van der Waals surface area contributed by atoms with Crippen LogP contribution in [0.5, 0.6) is 5.75 Å². The summed E-state index contributed by atoms with van der Waals surface area (Å²) in [6.07, 6.45) is 1.56. The van der Waals surface area contributed by atoms with Gasteiger partial charge in [0.05, 0.1) is 6.61 Å². The number of hydrogen-bond acceptors (Lipinski definition) is 4. The zero-order valence-corrected chi connectivity index (χ0v) is 12.9. The number of carboxylic acids is 1. The van der Waals surface area contributed by atoms with Crippen molar-refractivity contribution in [2.45, 2.75) is 25.7 Å². The Morgan fingerprint density at radius 3 is 2.84 bits per heavy atom. The van der Waals surface area contributed by atoms with E-state index in [4.69, 9.17) is 4.74 Å². The number of aryl methyl sites for hydroxylation is 1. The zero-order valence-electron chi connectivity index (χ0n) is 10.9. The second-order valence-corrected chi connectivity index (χ2v) is 4.19. The van der Waals surface area contributed by atoms with Crippen molar-refractivity contribution in [1.29, 1.82) is 0 Å². The Hall–Kier alpha value is -1.04. The first-order chi connectivity index (χ1) is 8.65. The Morgan fingerprint density at radius 2 is 2.11 bits per heavy atom. The van der Waals surface area contributed by atoms with Crippen LogP contribution < -0.4 is 44.7 Å². The van der Waals surface area contributed by atoms with E-state index in [1.807, 2.05) is 12.1 Å². The minimum absolute atomic E-state index is 0. The number of nitrogens with one attached hydrogen (secondary N) is 1. The Morgan fingerprint density at radius 1 is 1.32 bits per heavy atom. The van der Waals surface area contributed by atoms with Crippen LogP contribution in [0.25, 0.3) is 0 Å². The molecule has 0 atom stereocenters. The number of fused-ring (bicyclic) bond motifs is 1. The Balaban J connectivity index is 0.00000180. The molecule has 19 heavy (non-hydrogen) atoms. The van der Waals surface area contributed by atoms with Crippen molar-refractivity contribution in [3.05, 3.63) is 23.8 Å². The van der Waals surface area contributed by atoms with Gasteiger partial charge < -0.3 is 20.0 Å². The van der Waals surface area contributed by atoms with Gasteiger partial charge in [0.2, 0.25) is 5.91 Å². The summed E-state index contributed by atoms with van der Waals surface area (Å²) in [5, 5.41) is 12.9. The molecule has 96 valence electrons. The van der Waals surface area contributed by atoms with Crippen molar-refractivity contribution in [1.82, 2.24) is 0 Å². The van der Waals surface area contributed by atoms with Crippen LogP contribution in [0.4, 0.5) is 5.69 Å². The van der Waals surface area contributed by atoms with Crippen LogP contribution in [0.15, 0.2) is 18.2 Å². The van der Waals surface area contributed by atoms with E-state index in [2.05, 4.69) is 5.32 Å². The van der Waals surface area contributed by atoms with Crippen molar-refractivity contribution >= 4 is 17.6 Å². The molecule has 1 N–H and O–H groups in total. The smallest absolute Gasteiger partial charge is 0.550 e. The van der Waals surface area contributed by atoms with Gasteiger partial charge in [-0.05, 0) is 43.0 Å². The third-order valence-corrected chi connectivity index (χ3v) is 2.75. The standard InChI is InChI=1S/C13H15NO4.Na/c15-12(5-6-13(16)17)14-10-3-4-11-9(8-10)2-1-7-18-11;/h3-4,8H,1-2,5-7H2,(H,14,15)(H,16,17);/q;+1/p-1. The summed E-state index contributed by atoms with van der Waals surface area (Å²) in [5.74, 6) is -0.686. The van der Waals surface area contributed by atoms with Crippen molar-refractivity contribution in [2.75, 3.05) is 11.9 Å². The number of carbonyl (C=O) groups is 2. The SMILES string of the molecule is O=C([O-])CCC(=O)Nc1ccc2c(c1)CCCO2.[Na+]. The predicted octanol–water partition coefficient (Wildman–Crippen LogP) is -2.52. The minimum atomic E-state index is -1.22. The number of ether oxygens (including phenoxy) is 1. The van der Waals surface area contributed by atoms with Crippen LogP contribution in [0.1, 0.15) is 24.8 Å². The summed E-state index contributed by atoms with van der Waals surface area (Å²) < 4.78 is 5.46. The molecular weight excluding hydrogens is 257 g/mol. The van der Waals surface area contributed by atoms with E-state index >= 15 is 0 Å². The molecule has 0 unspecified atom stereocenters. The maximum atomic E-state index is 11.5. The second kappa shape index (κ2) is 7.53. The third-order valence-electron chi connectivity index (χ3n) is 2.75. The zero-order chi connectivity index (χ0) is 13.0. The van der Waals surface area contributed by atoms with E-state index in [1.54, 1.807) is 6.07 Å². The number of carbonyl (C=O) groups excluding carboxylic acids is 2. The van der Waals surface area contributed by atoms with E-state index < -0.39 is 5.97 Å². The summed E-state index contributed by atoms with van der Waals surface area (Å²) in [5.41, 5.74) is 1.74. The van der Waals surface area contributed by atoms with Crippen LogP contribution in [-0.2, 0) is 16.0 Å². The molecule has 6 heteroatoms. The fourth-order valence-corrected chi connectivity index (χ4v) is 1.88. The Labute approximate surface area is 133 Å². The fraction of sp³-hybridized carbons (Fsp3) is 0.385. The van der Waals surface area contributed by atoms with E-state index in [9.17, 15) is 14.7 Å². The molecule has 1 aromatic rings. The van der Waals surface area contributed by atoms with Gasteiger partial charge >= 0.3 is 29.6 Å². The maximum Gasteiger partial charge on any atom is 1.00 e. The summed E-state index contributed by atoms with van der Waals surface area (Å²) in [7, 11) is 0. The van der Waals surface area contributed by atoms with Crippen LogP contribution in [0.2, 0.25) is 0 Å². The van der Waals surface area contributed by atoms with Crippen LogP contribution in [0, 0.1) is 0 Å². The van der Waals surface area contributed by atoms with Gasteiger partial charge in [0.25, 0.3) is 0 Å². The number of amides is 1. The molecule has 0 saturated heterocycles. The van der Waals surface area contributed by atoms with Crippen molar-refractivity contribution in [3.8, 4) is 5.75 Å². The number of hydrogen-bond donors (Lipinski definition) is 1. The van der Waals surface area contributed by atoms with Crippen LogP contribution >= 0.6 is 0 Å².